The van der Waals surface area contributed by atoms with E-state index in [0.717, 1.165) is 24.8 Å². The van der Waals surface area contributed by atoms with Gasteiger partial charge in [0.15, 0.2) is 0 Å². The molecule has 4 rings (SSSR count). The lowest BCUT2D eigenvalue weighted by Crippen LogP contribution is -2.44. The van der Waals surface area contributed by atoms with Crippen LogP contribution in [0.3, 0.4) is 0 Å². The Morgan fingerprint density at radius 1 is 1.31 bits per heavy atom. The maximum Gasteiger partial charge on any atom is 0.279 e. The highest BCUT2D eigenvalue weighted by Gasteiger charge is 2.21. The second-order valence-corrected chi connectivity index (χ2v) is 8.69. The third-order valence-electron chi connectivity index (χ3n) is 5.24. The molecule has 0 fully saturated rings. The lowest BCUT2D eigenvalue weighted by atomic mass is 9.90. The van der Waals surface area contributed by atoms with Crippen LogP contribution in [-0.2, 0) is 24.2 Å². The van der Waals surface area contributed by atoms with E-state index >= 15 is 0 Å². The van der Waals surface area contributed by atoms with Crippen molar-refractivity contribution in [2.45, 2.75) is 39.7 Å². The monoisotopic (exact) mass is 410 g/mol. The van der Waals surface area contributed by atoms with Crippen LogP contribution in [0.5, 0.6) is 0 Å². The Hall–Kier alpha value is -3.00. The van der Waals surface area contributed by atoms with E-state index < -0.39 is 5.91 Å². The predicted molar refractivity (Wildman–Crippen MR) is 112 cm³/mol. The number of nitrogens with one attached hydrogen (secondary N) is 2. The van der Waals surface area contributed by atoms with Crippen LogP contribution in [0.2, 0.25) is 0 Å². The van der Waals surface area contributed by atoms with Crippen molar-refractivity contribution in [3.8, 4) is 0 Å². The van der Waals surface area contributed by atoms with E-state index in [-0.39, 0.29) is 18.0 Å². The molecule has 2 N–H and O–H groups in total. The molecule has 0 spiro atoms. The molecular weight excluding hydrogens is 388 g/mol. The fourth-order valence-corrected chi connectivity index (χ4v) is 4.75. The largest absolute Gasteiger partial charge is 0.289 e. The maximum atomic E-state index is 12.6. The number of hydrazine groups is 1. The van der Waals surface area contributed by atoms with E-state index in [1.807, 2.05) is 19.1 Å². The van der Waals surface area contributed by atoms with E-state index in [9.17, 15) is 14.4 Å². The van der Waals surface area contributed by atoms with Crippen molar-refractivity contribution in [3.63, 3.8) is 0 Å². The lowest BCUT2D eigenvalue weighted by molar-refractivity contribution is -0.122. The van der Waals surface area contributed by atoms with Gasteiger partial charge in [0, 0.05) is 4.88 Å². The molecule has 2 heterocycles. The topological polar surface area (TPSA) is 93.1 Å². The minimum Gasteiger partial charge on any atom is -0.289 e. The fourth-order valence-electron chi connectivity index (χ4n) is 3.65. The zero-order valence-electron chi connectivity index (χ0n) is 16.3. The van der Waals surface area contributed by atoms with Crippen LogP contribution in [0.4, 0.5) is 0 Å². The first-order chi connectivity index (χ1) is 13.9. The molecule has 0 saturated carbocycles. The van der Waals surface area contributed by atoms with Crippen molar-refractivity contribution < 1.29 is 9.59 Å². The smallest absolute Gasteiger partial charge is 0.279 e. The van der Waals surface area contributed by atoms with E-state index in [1.54, 1.807) is 12.1 Å². The van der Waals surface area contributed by atoms with Gasteiger partial charge in [-0.1, -0.05) is 19.1 Å². The lowest BCUT2D eigenvalue weighted by Gasteiger charge is -2.16. The molecule has 1 aromatic carbocycles. The van der Waals surface area contributed by atoms with Crippen LogP contribution < -0.4 is 16.4 Å². The van der Waals surface area contributed by atoms with Gasteiger partial charge in [-0.15, -0.1) is 11.3 Å². The highest BCUT2D eigenvalue weighted by atomic mass is 32.1. The Morgan fingerprint density at radius 2 is 2.14 bits per heavy atom. The first-order valence-corrected chi connectivity index (χ1v) is 10.4. The van der Waals surface area contributed by atoms with Gasteiger partial charge < -0.3 is 0 Å². The van der Waals surface area contributed by atoms with E-state index in [4.69, 9.17) is 0 Å². The van der Waals surface area contributed by atoms with Crippen LogP contribution in [0.1, 0.15) is 39.0 Å². The molecular formula is C21H22N4O3S. The van der Waals surface area contributed by atoms with E-state index in [0.29, 0.717) is 21.7 Å². The number of nitrogens with zero attached hydrogens (tertiary/aromatic N) is 2. The standard InChI is InChI=1S/C21H22N4O3S/c1-12-6-7-16-14(8-12)9-17(29-16)20(27)24-23-18(26)10-25-11-22-19-13(2)4-3-5-15(19)21(25)28/h3-5,9,11-12H,6-8,10H2,1-2H3,(H,23,26)(H,24,27). The molecule has 29 heavy (non-hydrogen) atoms. The molecule has 7 nitrogen and oxygen atoms in total. The average Bonchev–Trinajstić information content (AvgIpc) is 3.12. The predicted octanol–water partition coefficient (Wildman–Crippen LogP) is 2.35. The number of amides is 2. The molecule has 2 amide bonds. The van der Waals surface area contributed by atoms with Crippen molar-refractivity contribution in [2.24, 2.45) is 5.92 Å². The fraction of sp³-hybridized carbons (Fsp3) is 0.333. The molecule has 1 aliphatic rings. The number of hydrogen-bond acceptors (Lipinski definition) is 5. The quantitative estimate of drug-likeness (QED) is 0.648. The molecule has 3 aromatic rings. The highest BCUT2D eigenvalue weighted by molar-refractivity contribution is 7.14. The Kier molecular flexibility index (Phi) is 5.19. The molecule has 1 atom stereocenters. The van der Waals surface area contributed by atoms with Crippen molar-refractivity contribution in [1.82, 2.24) is 20.4 Å². The maximum absolute atomic E-state index is 12.6. The number of para-hydroxylation sites is 1. The Labute approximate surface area is 171 Å². The van der Waals surface area contributed by atoms with Gasteiger partial charge in [-0.2, -0.15) is 0 Å². The molecule has 1 aliphatic carbocycles. The van der Waals surface area contributed by atoms with Gasteiger partial charge >= 0.3 is 0 Å². The van der Waals surface area contributed by atoms with Gasteiger partial charge in [0.2, 0.25) is 0 Å². The number of fused-ring (bicyclic) bond motifs is 2. The van der Waals surface area contributed by atoms with E-state index in [2.05, 4.69) is 22.8 Å². The minimum absolute atomic E-state index is 0.228. The number of rotatable bonds is 3. The van der Waals surface area contributed by atoms with Crippen LogP contribution in [0.15, 0.2) is 35.4 Å². The summed E-state index contributed by atoms with van der Waals surface area (Å²) in [7, 11) is 0. The van der Waals surface area contributed by atoms with Gasteiger partial charge in [-0.25, -0.2) is 4.98 Å². The molecule has 150 valence electrons. The summed E-state index contributed by atoms with van der Waals surface area (Å²) in [5.41, 5.74) is 7.29. The molecule has 2 aromatic heterocycles. The number of carbonyl (C=O) groups excluding carboxylic acids is 2. The second-order valence-electron chi connectivity index (χ2n) is 7.56. The summed E-state index contributed by atoms with van der Waals surface area (Å²) in [6, 6.07) is 7.27. The molecule has 0 radical (unpaired) electrons. The number of hydrogen-bond donors (Lipinski definition) is 2. The van der Waals surface area contributed by atoms with Crippen LogP contribution in [0, 0.1) is 12.8 Å². The number of carbonyl (C=O) groups is 2. The van der Waals surface area contributed by atoms with Gasteiger partial charge in [0.25, 0.3) is 17.4 Å². The number of benzene rings is 1. The third kappa shape index (κ3) is 3.93. The van der Waals surface area contributed by atoms with Gasteiger partial charge in [-0.3, -0.25) is 29.8 Å². The SMILES string of the molecule is Cc1cccc2c(=O)n(CC(=O)NNC(=O)c3cc4c(s3)CCC(C)C4)cnc12. The summed E-state index contributed by atoms with van der Waals surface area (Å²) >= 11 is 1.48. The van der Waals surface area contributed by atoms with Crippen molar-refractivity contribution in [3.05, 3.63) is 61.8 Å². The average molecular weight is 410 g/mol. The van der Waals surface area contributed by atoms with Crippen molar-refractivity contribution in [2.75, 3.05) is 0 Å². The van der Waals surface area contributed by atoms with Crippen molar-refractivity contribution in [1.29, 1.82) is 0 Å². The molecule has 0 aliphatic heterocycles. The second kappa shape index (κ2) is 7.79. The normalized spacial score (nSPS) is 15.7. The summed E-state index contributed by atoms with van der Waals surface area (Å²) in [5, 5.41) is 0.461. The van der Waals surface area contributed by atoms with Crippen LogP contribution >= 0.6 is 11.3 Å². The zero-order valence-corrected chi connectivity index (χ0v) is 17.1. The Balaban J connectivity index is 1.40. The Morgan fingerprint density at radius 3 is 2.97 bits per heavy atom. The Bertz CT molecular complexity index is 1160. The van der Waals surface area contributed by atoms with Gasteiger partial charge in [-0.05, 0) is 55.4 Å². The molecule has 0 bridgehead atoms. The first kappa shape index (κ1) is 19.3. The van der Waals surface area contributed by atoms with Crippen LogP contribution in [-0.4, -0.2) is 21.4 Å². The molecule has 8 heteroatoms. The first-order valence-electron chi connectivity index (χ1n) is 9.58. The number of aryl methyl sites for hydroxylation is 2. The number of aromatic nitrogens is 2. The van der Waals surface area contributed by atoms with Crippen molar-refractivity contribution >= 4 is 34.1 Å². The summed E-state index contributed by atoms with van der Waals surface area (Å²) in [5.74, 6) is -0.209. The summed E-state index contributed by atoms with van der Waals surface area (Å²) in [4.78, 5) is 43.3. The van der Waals surface area contributed by atoms with Gasteiger partial charge in [0.1, 0.15) is 6.54 Å². The van der Waals surface area contributed by atoms with Crippen LogP contribution in [0.25, 0.3) is 10.9 Å². The zero-order chi connectivity index (χ0) is 20.5. The third-order valence-corrected chi connectivity index (χ3v) is 6.47. The summed E-state index contributed by atoms with van der Waals surface area (Å²) in [6.07, 6.45) is 4.48. The highest BCUT2D eigenvalue weighted by Crippen LogP contribution is 2.32. The molecule has 0 saturated heterocycles. The summed E-state index contributed by atoms with van der Waals surface area (Å²) in [6.45, 7) is 3.87. The minimum atomic E-state index is -0.496. The summed E-state index contributed by atoms with van der Waals surface area (Å²) < 4.78 is 1.23. The van der Waals surface area contributed by atoms with Gasteiger partial charge in [0.05, 0.1) is 22.1 Å². The molecule has 1 unspecified atom stereocenters. The van der Waals surface area contributed by atoms with E-state index in [1.165, 1.54) is 32.7 Å². The number of thiophene rings is 1.